The van der Waals surface area contributed by atoms with Crippen LogP contribution in [0.3, 0.4) is 0 Å². The van der Waals surface area contributed by atoms with E-state index in [2.05, 4.69) is 27.8 Å². The van der Waals surface area contributed by atoms with E-state index < -0.39 is 6.04 Å². The molecular formula is C24H25BrN2O4S. The van der Waals surface area contributed by atoms with Crippen molar-refractivity contribution in [1.29, 1.82) is 0 Å². The van der Waals surface area contributed by atoms with Crippen LogP contribution in [0.25, 0.3) is 0 Å². The first-order chi connectivity index (χ1) is 15.5. The van der Waals surface area contributed by atoms with E-state index in [1.165, 1.54) is 11.3 Å². The summed E-state index contributed by atoms with van der Waals surface area (Å²) in [5, 5.41) is 2.49. The van der Waals surface area contributed by atoms with E-state index in [1.54, 1.807) is 4.90 Å². The summed E-state index contributed by atoms with van der Waals surface area (Å²) in [4.78, 5) is 33.8. The third kappa shape index (κ3) is 3.67. The highest BCUT2D eigenvalue weighted by molar-refractivity contribution is 9.09. The van der Waals surface area contributed by atoms with Crippen LogP contribution in [0, 0.1) is 12.8 Å². The number of amides is 1. The SMILES string of the molecule is CCCOc1ccc(C2C3=C(OC4CCC(Br)CC4C3=O)C(=O)N2c2nc(C)cs2)cc1. The van der Waals surface area contributed by atoms with E-state index in [0.29, 0.717) is 22.1 Å². The number of anilines is 1. The third-order valence-electron chi connectivity index (χ3n) is 6.27. The van der Waals surface area contributed by atoms with Crippen LogP contribution < -0.4 is 9.64 Å². The topological polar surface area (TPSA) is 68.7 Å². The van der Waals surface area contributed by atoms with E-state index in [0.717, 1.165) is 42.7 Å². The molecule has 8 heteroatoms. The largest absolute Gasteiger partial charge is 0.494 e. The number of carbonyl (C=O) groups is 2. The van der Waals surface area contributed by atoms with Crippen molar-refractivity contribution in [3.05, 3.63) is 52.2 Å². The molecule has 2 aromatic rings. The average Bonchev–Trinajstić information content (AvgIpc) is 3.34. The molecular weight excluding hydrogens is 492 g/mol. The predicted molar refractivity (Wildman–Crippen MR) is 126 cm³/mol. The molecule has 4 unspecified atom stereocenters. The predicted octanol–water partition coefficient (Wildman–Crippen LogP) is 5.11. The molecule has 6 nitrogen and oxygen atoms in total. The van der Waals surface area contributed by atoms with E-state index >= 15 is 0 Å². The molecule has 0 N–H and O–H groups in total. The Morgan fingerprint density at radius 1 is 1.25 bits per heavy atom. The quantitative estimate of drug-likeness (QED) is 0.516. The number of benzene rings is 1. The molecule has 32 heavy (non-hydrogen) atoms. The van der Waals surface area contributed by atoms with Crippen molar-refractivity contribution >= 4 is 44.1 Å². The van der Waals surface area contributed by atoms with Crippen molar-refractivity contribution in [2.75, 3.05) is 11.5 Å². The van der Waals surface area contributed by atoms with Gasteiger partial charge in [0.2, 0.25) is 0 Å². The number of aromatic nitrogens is 1. The number of fused-ring (bicyclic) bond motifs is 1. The number of thiazole rings is 1. The maximum Gasteiger partial charge on any atom is 0.296 e. The van der Waals surface area contributed by atoms with Gasteiger partial charge in [-0.25, -0.2) is 4.98 Å². The van der Waals surface area contributed by atoms with Gasteiger partial charge in [-0.15, -0.1) is 11.3 Å². The second kappa shape index (κ2) is 8.63. The van der Waals surface area contributed by atoms with Gasteiger partial charge in [-0.1, -0.05) is 35.0 Å². The van der Waals surface area contributed by atoms with Gasteiger partial charge in [-0.2, -0.15) is 0 Å². The number of nitrogens with zero attached hydrogens (tertiary/aromatic N) is 2. The maximum absolute atomic E-state index is 13.7. The number of aryl methyl sites for hydroxylation is 1. The Balaban J connectivity index is 1.57. The van der Waals surface area contributed by atoms with Crippen LogP contribution >= 0.6 is 27.3 Å². The Kier molecular flexibility index (Phi) is 5.84. The summed E-state index contributed by atoms with van der Waals surface area (Å²) < 4.78 is 12.0. The van der Waals surface area contributed by atoms with Crippen LogP contribution in [0.1, 0.15) is 49.9 Å². The number of ketones is 1. The van der Waals surface area contributed by atoms with Crippen LogP contribution in [-0.4, -0.2) is 34.2 Å². The minimum atomic E-state index is -0.549. The molecule has 1 aromatic carbocycles. The van der Waals surface area contributed by atoms with E-state index in [4.69, 9.17) is 9.47 Å². The molecule has 0 saturated heterocycles. The normalized spacial score (nSPS) is 27.3. The lowest BCUT2D eigenvalue weighted by molar-refractivity contribution is -0.131. The van der Waals surface area contributed by atoms with Crippen molar-refractivity contribution in [1.82, 2.24) is 4.98 Å². The van der Waals surface area contributed by atoms with Gasteiger partial charge in [-0.05, 0) is 50.3 Å². The van der Waals surface area contributed by atoms with Gasteiger partial charge in [0.15, 0.2) is 16.7 Å². The van der Waals surface area contributed by atoms with Gasteiger partial charge in [0.1, 0.15) is 11.9 Å². The van der Waals surface area contributed by atoms with Crippen molar-refractivity contribution in [2.24, 2.45) is 5.92 Å². The molecule has 1 aliphatic carbocycles. The monoisotopic (exact) mass is 516 g/mol. The maximum atomic E-state index is 13.7. The van der Waals surface area contributed by atoms with Crippen molar-refractivity contribution in [2.45, 2.75) is 56.5 Å². The number of hydrogen-bond donors (Lipinski definition) is 0. The smallest absolute Gasteiger partial charge is 0.296 e. The summed E-state index contributed by atoms with van der Waals surface area (Å²) >= 11 is 5.08. The van der Waals surface area contributed by atoms with E-state index in [-0.39, 0.29) is 29.5 Å². The van der Waals surface area contributed by atoms with Gasteiger partial charge >= 0.3 is 0 Å². The van der Waals surface area contributed by atoms with Gasteiger partial charge in [0, 0.05) is 10.2 Å². The summed E-state index contributed by atoms with van der Waals surface area (Å²) in [5.74, 6) is 0.492. The fourth-order valence-corrected chi connectivity index (χ4v) is 6.24. The molecule has 0 bridgehead atoms. The molecule has 1 amide bonds. The molecule has 4 atom stereocenters. The van der Waals surface area contributed by atoms with Crippen molar-refractivity contribution in [3.8, 4) is 5.75 Å². The Labute approximate surface area is 199 Å². The Morgan fingerprint density at radius 2 is 2.03 bits per heavy atom. The molecule has 0 spiro atoms. The lowest BCUT2D eigenvalue weighted by Gasteiger charge is -2.37. The van der Waals surface area contributed by atoms with Gasteiger partial charge < -0.3 is 9.47 Å². The lowest BCUT2D eigenvalue weighted by atomic mass is 9.77. The fraction of sp³-hybridized carbons (Fsp3) is 0.458. The highest BCUT2D eigenvalue weighted by Gasteiger charge is 2.53. The van der Waals surface area contributed by atoms with Crippen LogP contribution in [0.15, 0.2) is 41.0 Å². The highest BCUT2D eigenvalue weighted by Crippen LogP contribution is 2.49. The summed E-state index contributed by atoms with van der Waals surface area (Å²) in [5.41, 5.74) is 2.15. The Morgan fingerprint density at radius 3 is 2.72 bits per heavy atom. The zero-order valence-electron chi connectivity index (χ0n) is 18.0. The molecule has 5 rings (SSSR count). The van der Waals surface area contributed by atoms with Crippen molar-refractivity contribution < 1.29 is 19.1 Å². The lowest BCUT2D eigenvalue weighted by Crippen LogP contribution is -2.41. The van der Waals surface area contributed by atoms with Gasteiger partial charge in [0.25, 0.3) is 5.91 Å². The van der Waals surface area contributed by atoms with Crippen LogP contribution in [0.2, 0.25) is 0 Å². The number of rotatable bonds is 5. The number of ether oxygens (including phenoxy) is 2. The summed E-state index contributed by atoms with van der Waals surface area (Å²) in [6.45, 7) is 4.60. The van der Waals surface area contributed by atoms with Crippen LogP contribution in [-0.2, 0) is 14.3 Å². The van der Waals surface area contributed by atoms with Gasteiger partial charge in [-0.3, -0.25) is 14.5 Å². The van der Waals surface area contributed by atoms with Crippen molar-refractivity contribution in [3.63, 3.8) is 0 Å². The molecule has 1 saturated carbocycles. The minimum absolute atomic E-state index is 0.0286. The Bertz CT molecular complexity index is 1080. The summed E-state index contributed by atoms with van der Waals surface area (Å²) in [7, 11) is 0. The third-order valence-corrected chi connectivity index (χ3v) is 8.05. The van der Waals surface area contributed by atoms with Crippen LogP contribution in [0.5, 0.6) is 5.75 Å². The first-order valence-corrected chi connectivity index (χ1v) is 12.8. The van der Waals surface area contributed by atoms with E-state index in [9.17, 15) is 9.59 Å². The molecule has 2 aliphatic heterocycles. The standard InChI is InChI=1S/C24H25BrN2O4S/c1-3-10-30-16-7-4-14(5-8-16)20-19-21(28)17-11-15(25)6-9-18(17)31-22(19)23(29)27(20)24-26-13(2)12-32-24/h4-5,7-8,12,15,17-18,20H,3,6,9-11H2,1-2H3. The van der Waals surface area contributed by atoms with Gasteiger partial charge in [0.05, 0.1) is 29.8 Å². The first-order valence-electron chi connectivity index (χ1n) is 11.1. The number of halogens is 1. The molecule has 0 radical (unpaired) electrons. The zero-order chi connectivity index (χ0) is 22.4. The number of carbonyl (C=O) groups excluding carboxylic acids is 2. The second-order valence-electron chi connectivity index (χ2n) is 8.55. The molecule has 168 valence electrons. The molecule has 1 fully saturated rings. The summed E-state index contributed by atoms with van der Waals surface area (Å²) in [6.07, 6.45) is 3.11. The fourth-order valence-electron chi connectivity index (χ4n) is 4.75. The number of alkyl halides is 1. The van der Waals surface area contributed by atoms with E-state index in [1.807, 2.05) is 36.6 Å². The van der Waals surface area contributed by atoms with Crippen LogP contribution in [0.4, 0.5) is 5.13 Å². The number of Topliss-reactive ketones (excluding diaryl/α,β-unsaturated/α-hetero) is 1. The highest BCUT2D eigenvalue weighted by atomic mass is 79.9. The molecule has 3 heterocycles. The second-order valence-corrected chi connectivity index (χ2v) is 10.7. The number of hydrogen-bond acceptors (Lipinski definition) is 6. The molecule has 1 aromatic heterocycles. The molecule has 3 aliphatic rings. The first kappa shape index (κ1) is 21.6. The zero-order valence-corrected chi connectivity index (χ0v) is 20.4. The Hall–Kier alpha value is -2.19. The summed E-state index contributed by atoms with van der Waals surface area (Å²) in [6, 6.07) is 7.10. The average molecular weight is 517 g/mol. The minimum Gasteiger partial charge on any atom is -0.494 e.